The summed E-state index contributed by atoms with van der Waals surface area (Å²) in [6.45, 7) is 6.64. The molecule has 12 heavy (non-hydrogen) atoms. The van der Waals surface area contributed by atoms with E-state index in [0.29, 0.717) is 5.41 Å². The minimum atomic E-state index is 0. The summed E-state index contributed by atoms with van der Waals surface area (Å²) in [6.07, 6.45) is 8.63. The molecule has 0 aliphatic heterocycles. The van der Waals surface area contributed by atoms with Crippen molar-refractivity contribution in [3.05, 3.63) is 38.7 Å². The molecule has 0 aromatic heterocycles. The van der Waals surface area contributed by atoms with E-state index in [0.717, 1.165) is 6.42 Å². The Kier molecular flexibility index (Phi) is 10.3. The van der Waals surface area contributed by atoms with Gasteiger partial charge in [0.05, 0.1) is 0 Å². The summed E-state index contributed by atoms with van der Waals surface area (Å²) in [5.41, 5.74) is 1.65. The molecule has 0 nitrogen and oxygen atoms in total. The predicted octanol–water partition coefficient (Wildman–Crippen LogP) is 3.62. The zero-order valence-corrected chi connectivity index (χ0v) is 12.5. The first-order valence-corrected chi connectivity index (χ1v) is 3.38. The first-order chi connectivity index (χ1) is 4.11. The van der Waals surface area contributed by atoms with E-state index >= 15 is 0 Å². The molecule has 0 spiro atoms. The Morgan fingerprint density at radius 1 is 1.25 bits per heavy atom. The van der Waals surface area contributed by atoms with E-state index < -0.39 is 0 Å². The van der Waals surface area contributed by atoms with Gasteiger partial charge in [0.25, 0.3) is 0 Å². The van der Waals surface area contributed by atoms with E-state index in [2.05, 4.69) is 39.0 Å². The molecule has 1 aliphatic carbocycles. The summed E-state index contributed by atoms with van der Waals surface area (Å²) in [6, 6.07) is 0. The average Bonchev–Trinajstić information content (AvgIpc) is 2.08. The van der Waals surface area contributed by atoms with Crippen molar-refractivity contribution in [2.24, 2.45) is 5.41 Å². The van der Waals surface area contributed by atoms with Crippen LogP contribution < -0.4 is 0 Å². The minimum Gasteiger partial charge on any atom is -0.358 e. The normalized spacial score (nSPS) is 13.8. The molecule has 0 aromatic carbocycles. The van der Waals surface area contributed by atoms with Gasteiger partial charge in [0.2, 0.25) is 0 Å². The van der Waals surface area contributed by atoms with Crippen LogP contribution in [0.15, 0.2) is 17.7 Å². The second kappa shape index (κ2) is 6.82. The number of rotatable bonds is 0. The van der Waals surface area contributed by atoms with Gasteiger partial charge in [0.15, 0.2) is 0 Å². The summed E-state index contributed by atoms with van der Waals surface area (Å²) in [4.78, 5) is 0. The van der Waals surface area contributed by atoms with Gasteiger partial charge in [0, 0.05) is 25.8 Å². The third kappa shape index (κ3) is 5.08. The van der Waals surface area contributed by atoms with Crippen LogP contribution in [0.2, 0.25) is 0 Å². The predicted molar refractivity (Wildman–Crippen MR) is 52.8 cm³/mol. The fourth-order valence-electron chi connectivity index (χ4n) is 0.920. The van der Waals surface area contributed by atoms with Crippen LogP contribution in [0.4, 0.5) is 0 Å². The summed E-state index contributed by atoms with van der Waals surface area (Å²) in [5, 5.41) is 0. The fraction of sp³-hybridized carbons (Fsp3) is 0.455. The van der Waals surface area contributed by atoms with Crippen molar-refractivity contribution in [3.8, 4) is 0 Å². The molecule has 0 N–H and O–H groups in total. The van der Waals surface area contributed by atoms with Gasteiger partial charge < -0.3 is 14.9 Å². The van der Waals surface area contributed by atoms with Crippen LogP contribution in [-0.4, -0.2) is 0 Å². The summed E-state index contributed by atoms with van der Waals surface area (Å²) in [5.74, 6) is 0. The van der Waals surface area contributed by atoms with Crippen molar-refractivity contribution < 1.29 is 25.8 Å². The Bertz CT molecular complexity index is 158. The van der Waals surface area contributed by atoms with Crippen LogP contribution in [0, 0.1) is 26.3 Å². The molecule has 0 unspecified atom stereocenters. The van der Waals surface area contributed by atoms with Crippen molar-refractivity contribution in [1.82, 2.24) is 0 Å². The quantitative estimate of drug-likeness (QED) is 0.470. The van der Waals surface area contributed by atoms with E-state index in [1.165, 1.54) is 5.57 Å². The van der Waals surface area contributed by atoms with E-state index in [4.69, 9.17) is 0 Å². The molecule has 0 fully saturated rings. The number of hydrogen-bond acceptors (Lipinski definition) is 0. The molecular weight excluding hydrogens is 311 g/mol. The molecule has 0 saturated carbocycles. The van der Waals surface area contributed by atoms with Gasteiger partial charge in [-0.25, -0.2) is 11.6 Å². The summed E-state index contributed by atoms with van der Waals surface area (Å²) in [7, 11) is 0. The molecular formula is C11H19Hf-3. The second-order valence-corrected chi connectivity index (χ2v) is 3.45. The Morgan fingerprint density at radius 2 is 1.75 bits per heavy atom. The topological polar surface area (TPSA) is 0 Å². The summed E-state index contributed by atoms with van der Waals surface area (Å²) < 4.78 is 0. The number of allylic oxidation sites excluding steroid dienone is 4. The molecule has 0 amide bonds. The zero-order chi connectivity index (χ0) is 6.91. The molecule has 1 heteroatoms. The third-order valence-electron chi connectivity index (χ3n) is 1.50. The van der Waals surface area contributed by atoms with Gasteiger partial charge in [-0.15, -0.1) is 6.42 Å². The van der Waals surface area contributed by atoms with Crippen LogP contribution in [0.5, 0.6) is 0 Å². The maximum absolute atomic E-state index is 3.30. The van der Waals surface area contributed by atoms with Crippen molar-refractivity contribution in [1.29, 1.82) is 0 Å². The van der Waals surface area contributed by atoms with Crippen LogP contribution in [0.25, 0.3) is 0 Å². The van der Waals surface area contributed by atoms with Crippen LogP contribution in [0.1, 0.15) is 27.2 Å². The van der Waals surface area contributed by atoms with Gasteiger partial charge in [-0.3, -0.25) is 6.08 Å². The first kappa shape index (κ1) is 18.2. The Balaban J connectivity index is -0.000000270. The van der Waals surface area contributed by atoms with Gasteiger partial charge in [-0.05, 0) is 5.41 Å². The summed E-state index contributed by atoms with van der Waals surface area (Å²) >= 11 is 0. The standard InChI is InChI=1S/C9H13.2CH3.Hf/c1-9(2,3)8-6-4-5-7-8;;;/h4,6H,5H2,1-3H3;2*1H3;/q3*-1;. The molecule has 1 rings (SSSR count). The largest absolute Gasteiger partial charge is 0.358 e. The molecule has 0 saturated heterocycles. The van der Waals surface area contributed by atoms with Gasteiger partial charge in [-0.2, -0.15) is 6.08 Å². The molecule has 0 aromatic rings. The average molecular weight is 330 g/mol. The second-order valence-electron chi connectivity index (χ2n) is 3.45. The Morgan fingerprint density at radius 3 is 1.92 bits per heavy atom. The van der Waals surface area contributed by atoms with E-state index in [-0.39, 0.29) is 40.7 Å². The molecule has 70 valence electrons. The van der Waals surface area contributed by atoms with Crippen molar-refractivity contribution in [2.75, 3.05) is 0 Å². The van der Waals surface area contributed by atoms with Gasteiger partial charge in [0.1, 0.15) is 0 Å². The minimum absolute atomic E-state index is 0. The SMILES string of the molecule is CC(C)(C)C1=[C-]CC=C1.[CH3-].[CH3-].[Hf]. The van der Waals surface area contributed by atoms with E-state index in [1.54, 1.807) is 0 Å². The fourth-order valence-corrected chi connectivity index (χ4v) is 0.920. The third-order valence-corrected chi connectivity index (χ3v) is 1.50. The molecule has 0 radical (unpaired) electrons. The van der Waals surface area contributed by atoms with Crippen LogP contribution in [0.3, 0.4) is 0 Å². The van der Waals surface area contributed by atoms with E-state index in [9.17, 15) is 0 Å². The molecule has 0 bridgehead atoms. The molecule has 1 aliphatic rings. The zero-order valence-electron chi connectivity index (χ0n) is 8.86. The van der Waals surface area contributed by atoms with Crippen molar-refractivity contribution in [2.45, 2.75) is 27.2 Å². The van der Waals surface area contributed by atoms with Crippen molar-refractivity contribution >= 4 is 0 Å². The molecule has 0 atom stereocenters. The number of hydrogen-bond donors (Lipinski definition) is 0. The molecule has 0 heterocycles. The van der Waals surface area contributed by atoms with Gasteiger partial charge in [-0.1, -0.05) is 20.8 Å². The smallest absolute Gasteiger partial charge is 0 e. The Hall–Kier alpha value is 0.350. The first-order valence-electron chi connectivity index (χ1n) is 3.38. The van der Waals surface area contributed by atoms with Crippen LogP contribution >= 0.6 is 0 Å². The van der Waals surface area contributed by atoms with Crippen molar-refractivity contribution in [3.63, 3.8) is 0 Å². The van der Waals surface area contributed by atoms with E-state index in [1.807, 2.05) is 0 Å². The van der Waals surface area contributed by atoms with Crippen LogP contribution in [-0.2, 0) is 25.8 Å². The Labute approximate surface area is 96.9 Å². The monoisotopic (exact) mass is 331 g/mol. The van der Waals surface area contributed by atoms with Gasteiger partial charge >= 0.3 is 0 Å². The maximum atomic E-state index is 3.30. The maximum Gasteiger partial charge on any atom is 0 e.